The van der Waals surface area contributed by atoms with E-state index in [4.69, 9.17) is 9.26 Å². The van der Waals surface area contributed by atoms with Gasteiger partial charge in [0.25, 0.3) is 0 Å². The quantitative estimate of drug-likeness (QED) is 0.497. The second-order valence-corrected chi connectivity index (χ2v) is 8.86. The number of nitrogens with zero attached hydrogens (tertiary/aromatic N) is 3. The molecule has 5 rings (SSSR count). The van der Waals surface area contributed by atoms with Gasteiger partial charge >= 0.3 is 6.09 Å². The van der Waals surface area contributed by atoms with E-state index in [2.05, 4.69) is 16.1 Å². The molecule has 33 heavy (non-hydrogen) atoms. The number of carbonyl (C=O) groups excluding carboxylic acids is 1. The van der Waals surface area contributed by atoms with E-state index in [0.29, 0.717) is 24.6 Å². The second-order valence-electron chi connectivity index (χ2n) is 8.86. The molecular formula is C25H29ClFN3O3. The fraction of sp³-hybridized carbons (Fsp3) is 0.440. The van der Waals surface area contributed by atoms with Crippen LogP contribution in [0.5, 0.6) is 0 Å². The van der Waals surface area contributed by atoms with E-state index in [1.807, 2.05) is 25.1 Å². The number of aromatic nitrogens is 1. The van der Waals surface area contributed by atoms with Gasteiger partial charge < -0.3 is 9.26 Å². The molecule has 0 saturated carbocycles. The average molecular weight is 474 g/mol. The van der Waals surface area contributed by atoms with Gasteiger partial charge in [-0.2, -0.15) is 0 Å². The van der Waals surface area contributed by atoms with Gasteiger partial charge in [0.1, 0.15) is 11.9 Å². The Hall–Kier alpha value is -2.64. The van der Waals surface area contributed by atoms with Crippen molar-refractivity contribution in [1.82, 2.24) is 10.1 Å². The summed E-state index contributed by atoms with van der Waals surface area (Å²) in [5.74, 6) is -0.0211. The van der Waals surface area contributed by atoms with Gasteiger partial charge in [-0.1, -0.05) is 23.4 Å². The molecular weight excluding hydrogens is 445 g/mol. The number of likely N-dealkylation sites (tertiary alicyclic amines) is 1. The van der Waals surface area contributed by atoms with Crippen LogP contribution in [0, 0.1) is 5.82 Å². The number of ether oxygens (including phenoxy) is 1. The summed E-state index contributed by atoms with van der Waals surface area (Å²) < 4.78 is 24.5. The fourth-order valence-electron chi connectivity index (χ4n) is 4.97. The molecule has 8 heteroatoms. The number of carbonyl (C=O) groups is 1. The summed E-state index contributed by atoms with van der Waals surface area (Å²) in [6.07, 6.45) is 3.39. The number of amides is 1. The number of fused-ring (bicyclic) bond motifs is 2. The predicted octanol–water partition coefficient (Wildman–Crippen LogP) is 5.55. The Bertz CT molecular complexity index is 1110. The topological polar surface area (TPSA) is 58.8 Å². The summed E-state index contributed by atoms with van der Waals surface area (Å²) in [7, 11) is 0. The molecule has 1 saturated heterocycles. The largest absolute Gasteiger partial charge is 0.445 e. The maximum absolute atomic E-state index is 13.4. The van der Waals surface area contributed by atoms with Crippen LogP contribution in [0.3, 0.4) is 0 Å². The first kappa shape index (κ1) is 23.5. The molecule has 176 valence electrons. The molecule has 1 fully saturated rings. The van der Waals surface area contributed by atoms with Gasteiger partial charge in [0, 0.05) is 30.5 Å². The highest BCUT2D eigenvalue weighted by atomic mass is 35.5. The molecule has 0 radical (unpaired) electrons. The lowest BCUT2D eigenvalue weighted by atomic mass is 9.91. The summed E-state index contributed by atoms with van der Waals surface area (Å²) in [5.41, 5.74) is 3.59. The third-order valence-corrected chi connectivity index (χ3v) is 6.58. The molecule has 1 unspecified atom stereocenters. The van der Waals surface area contributed by atoms with E-state index in [9.17, 15) is 9.18 Å². The molecule has 1 atom stereocenters. The first-order chi connectivity index (χ1) is 15.6. The Balaban J connectivity index is 0.00000259. The number of hydrogen-bond acceptors (Lipinski definition) is 5. The van der Waals surface area contributed by atoms with Crippen LogP contribution in [0.4, 0.5) is 14.9 Å². The summed E-state index contributed by atoms with van der Waals surface area (Å²) in [5, 5.41) is 5.12. The van der Waals surface area contributed by atoms with E-state index in [1.54, 1.807) is 11.0 Å². The van der Waals surface area contributed by atoms with Gasteiger partial charge in [-0.05, 0) is 69.5 Å². The Morgan fingerprint density at radius 3 is 2.82 bits per heavy atom. The van der Waals surface area contributed by atoms with Crippen LogP contribution in [0.1, 0.15) is 43.4 Å². The molecule has 6 nitrogen and oxygen atoms in total. The van der Waals surface area contributed by atoms with E-state index < -0.39 is 0 Å². The van der Waals surface area contributed by atoms with Crippen LogP contribution in [-0.4, -0.2) is 48.4 Å². The van der Waals surface area contributed by atoms with Crippen LogP contribution in [0.15, 0.2) is 47.0 Å². The third-order valence-electron chi connectivity index (χ3n) is 6.58. The van der Waals surface area contributed by atoms with Crippen molar-refractivity contribution >= 4 is 35.2 Å². The van der Waals surface area contributed by atoms with Crippen molar-refractivity contribution in [3.05, 3.63) is 59.5 Å². The summed E-state index contributed by atoms with van der Waals surface area (Å²) in [4.78, 5) is 16.9. The normalized spacial score (nSPS) is 17.9. The first-order valence-corrected chi connectivity index (χ1v) is 11.4. The smallest absolute Gasteiger partial charge is 0.414 e. The second kappa shape index (κ2) is 10.1. The monoisotopic (exact) mass is 473 g/mol. The van der Waals surface area contributed by atoms with Gasteiger partial charge in [-0.25, -0.2) is 9.18 Å². The molecule has 1 aromatic heterocycles. The van der Waals surface area contributed by atoms with Crippen LogP contribution < -0.4 is 4.90 Å². The molecule has 3 aromatic rings. The minimum Gasteiger partial charge on any atom is -0.445 e. The molecule has 0 N–H and O–H groups in total. The van der Waals surface area contributed by atoms with Gasteiger partial charge in [-0.15, -0.1) is 12.4 Å². The van der Waals surface area contributed by atoms with Gasteiger partial charge in [0.05, 0.1) is 11.4 Å². The van der Waals surface area contributed by atoms with Crippen LogP contribution in [-0.2, 0) is 11.2 Å². The third kappa shape index (κ3) is 4.99. The van der Waals surface area contributed by atoms with Gasteiger partial charge in [0.15, 0.2) is 5.58 Å². The van der Waals surface area contributed by atoms with E-state index in [0.717, 1.165) is 55.5 Å². The van der Waals surface area contributed by atoms with Crippen LogP contribution in [0.2, 0.25) is 0 Å². The van der Waals surface area contributed by atoms with E-state index >= 15 is 0 Å². The average Bonchev–Trinajstić information content (AvgIpc) is 3.22. The number of piperidine rings is 1. The lowest BCUT2D eigenvalue weighted by molar-refractivity contribution is 0.0759. The number of aryl methyl sites for hydroxylation is 1. The highest BCUT2D eigenvalue weighted by Crippen LogP contribution is 2.33. The zero-order valence-electron chi connectivity index (χ0n) is 18.7. The molecule has 0 bridgehead atoms. The number of benzene rings is 2. The highest BCUT2D eigenvalue weighted by Gasteiger charge is 2.28. The summed E-state index contributed by atoms with van der Waals surface area (Å²) in [6.45, 7) is 5.16. The van der Waals surface area contributed by atoms with E-state index in [1.165, 1.54) is 17.7 Å². The van der Waals surface area contributed by atoms with Crippen molar-refractivity contribution in [2.24, 2.45) is 0 Å². The summed E-state index contributed by atoms with van der Waals surface area (Å²) >= 11 is 0. The number of halogens is 2. The van der Waals surface area contributed by atoms with Crippen molar-refractivity contribution < 1.29 is 18.4 Å². The number of rotatable bonds is 4. The minimum atomic E-state index is -0.313. The Morgan fingerprint density at radius 2 is 2.00 bits per heavy atom. The fourth-order valence-corrected chi connectivity index (χ4v) is 4.97. The van der Waals surface area contributed by atoms with E-state index in [-0.39, 0.29) is 30.4 Å². The van der Waals surface area contributed by atoms with Crippen LogP contribution in [0.25, 0.3) is 11.0 Å². The molecule has 0 aliphatic carbocycles. The standard InChI is InChI=1S/C25H28FN3O3.ClH/c1-17(31-25(30)29-12-4-6-18-5-2-3-7-22(18)29)16-28-13-10-19(11-14-28)24-21-9-8-20(26)15-23(21)32-27-24;/h2-3,5,7-9,15,17,19H,4,6,10-14,16H2,1H3;1H. The number of para-hydroxylation sites is 1. The molecule has 2 aromatic carbocycles. The Kier molecular flexibility index (Phi) is 7.20. The molecule has 1 amide bonds. The maximum atomic E-state index is 13.4. The van der Waals surface area contributed by atoms with Gasteiger partial charge in [0.2, 0.25) is 0 Å². The zero-order chi connectivity index (χ0) is 22.1. The lowest BCUT2D eigenvalue weighted by Gasteiger charge is -2.34. The Morgan fingerprint density at radius 1 is 1.21 bits per heavy atom. The minimum absolute atomic E-state index is 0. The molecule has 2 aliphatic rings. The summed E-state index contributed by atoms with van der Waals surface area (Å²) in [6, 6.07) is 12.6. The maximum Gasteiger partial charge on any atom is 0.414 e. The van der Waals surface area contributed by atoms with Crippen molar-refractivity contribution in [3.63, 3.8) is 0 Å². The van der Waals surface area contributed by atoms with Crippen molar-refractivity contribution in [1.29, 1.82) is 0 Å². The van der Waals surface area contributed by atoms with Crippen molar-refractivity contribution in [2.75, 3.05) is 31.1 Å². The predicted molar refractivity (Wildman–Crippen MR) is 128 cm³/mol. The van der Waals surface area contributed by atoms with Gasteiger partial charge in [-0.3, -0.25) is 9.80 Å². The van der Waals surface area contributed by atoms with Crippen molar-refractivity contribution in [3.8, 4) is 0 Å². The van der Waals surface area contributed by atoms with Crippen LogP contribution >= 0.6 is 12.4 Å². The van der Waals surface area contributed by atoms with Crippen molar-refractivity contribution in [2.45, 2.75) is 44.6 Å². The lowest BCUT2D eigenvalue weighted by Crippen LogP contribution is -2.42. The molecule has 0 spiro atoms. The number of hydrogen-bond donors (Lipinski definition) is 0. The first-order valence-electron chi connectivity index (χ1n) is 11.4. The molecule has 3 heterocycles. The zero-order valence-corrected chi connectivity index (χ0v) is 19.5. The highest BCUT2D eigenvalue weighted by molar-refractivity contribution is 5.89. The number of anilines is 1. The SMILES string of the molecule is CC(CN1CCC(c2noc3cc(F)ccc23)CC1)OC(=O)N1CCCc2ccccc21.Cl. The molecule has 2 aliphatic heterocycles. The Labute approximate surface area is 199 Å².